The molecule has 3 aromatic heterocycles. The first kappa shape index (κ1) is 15.7. The van der Waals surface area contributed by atoms with Gasteiger partial charge in [0.2, 0.25) is 0 Å². The average Bonchev–Trinajstić information content (AvgIpc) is 3.02. The maximum Gasteiger partial charge on any atom is 0.157 e. The van der Waals surface area contributed by atoms with E-state index < -0.39 is 0 Å². The van der Waals surface area contributed by atoms with Gasteiger partial charge in [-0.15, -0.1) is 0 Å². The van der Waals surface area contributed by atoms with E-state index in [1.165, 1.54) is 5.56 Å². The molecule has 0 saturated heterocycles. The summed E-state index contributed by atoms with van der Waals surface area (Å²) >= 11 is 0. The number of hydrogen-bond acceptors (Lipinski definition) is 4. The van der Waals surface area contributed by atoms with Crippen LogP contribution in [0.4, 0.5) is 0 Å². The van der Waals surface area contributed by atoms with Crippen LogP contribution < -0.4 is 0 Å². The maximum atomic E-state index is 5.72. The van der Waals surface area contributed by atoms with Crippen LogP contribution in [0.15, 0.2) is 28.8 Å². The third kappa shape index (κ3) is 3.29. The van der Waals surface area contributed by atoms with E-state index in [0.29, 0.717) is 6.04 Å². The normalized spacial score (nSPS) is 12.0. The van der Waals surface area contributed by atoms with Crippen molar-refractivity contribution in [1.29, 1.82) is 0 Å². The van der Waals surface area contributed by atoms with Crippen LogP contribution in [0.5, 0.6) is 0 Å². The van der Waals surface area contributed by atoms with Crippen LogP contribution in [0.1, 0.15) is 36.6 Å². The summed E-state index contributed by atoms with van der Waals surface area (Å²) < 4.78 is 7.56. The van der Waals surface area contributed by atoms with E-state index in [9.17, 15) is 0 Å². The van der Waals surface area contributed by atoms with Gasteiger partial charge in [0.1, 0.15) is 11.5 Å². The summed E-state index contributed by atoms with van der Waals surface area (Å²) in [4.78, 5) is 6.96. The molecule has 3 heterocycles. The summed E-state index contributed by atoms with van der Waals surface area (Å²) in [6.45, 7) is 10.1. The van der Waals surface area contributed by atoms with Gasteiger partial charge in [0.25, 0.3) is 0 Å². The quantitative estimate of drug-likeness (QED) is 0.722. The molecule has 0 unspecified atom stereocenters. The summed E-state index contributed by atoms with van der Waals surface area (Å²) in [5, 5.41) is 5.57. The van der Waals surface area contributed by atoms with E-state index in [2.05, 4.69) is 41.0 Å². The Hall–Kier alpha value is -2.14. The van der Waals surface area contributed by atoms with Crippen LogP contribution in [0.25, 0.3) is 11.0 Å². The summed E-state index contributed by atoms with van der Waals surface area (Å²) in [7, 11) is 1.93. The van der Waals surface area contributed by atoms with Crippen LogP contribution in [0.2, 0.25) is 0 Å². The van der Waals surface area contributed by atoms with Crippen LogP contribution in [-0.2, 0) is 20.1 Å². The number of rotatable bonds is 5. The van der Waals surface area contributed by atoms with Gasteiger partial charge in [-0.3, -0.25) is 9.58 Å². The SMILES string of the molecule is Cc1ccc(CN(Cc2cnc3c(c2)c(C)nn3C)C(C)C)o1. The van der Waals surface area contributed by atoms with E-state index in [0.717, 1.165) is 41.3 Å². The first-order valence-corrected chi connectivity index (χ1v) is 8.01. The molecule has 0 atom stereocenters. The largest absolute Gasteiger partial charge is 0.465 e. The zero-order valence-corrected chi connectivity index (χ0v) is 14.5. The molecule has 5 nitrogen and oxygen atoms in total. The Morgan fingerprint density at radius 3 is 2.65 bits per heavy atom. The fourth-order valence-electron chi connectivity index (χ4n) is 2.86. The van der Waals surface area contributed by atoms with Crippen LogP contribution in [-0.4, -0.2) is 25.7 Å². The van der Waals surface area contributed by atoms with Crippen LogP contribution in [0, 0.1) is 13.8 Å². The fraction of sp³-hybridized carbons (Fsp3) is 0.444. The first-order chi connectivity index (χ1) is 10.9. The lowest BCUT2D eigenvalue weighted by Crippen LogP contribution is -2.29. The minimum atomic E-state index is 0.422. The van der Waals surface area contributed by atoms with Crippen molar-refractivity contribution >= 4 is 11.0 Å². The number of furan rings is 1. The number of fused-ring (bicyclic) bond motifs is 1. The molecule has 0 amide bonds. The Bertz CT molecular complexity index is 816. The molecule has 3 aromatic rings. The fourth-order valence-corrected chi connectivity index (χ4v) is 2.86. The minimum absolute atomic E-state index is 0.422. The van der Waals surface area contributed by atoms with Crippen molar-refractivity contribution in [2.45, 2.75) is 46.8 Å². The van der Waals surface area contributed by atoms with Crippen LogP contribution >= 0.6 is 0 Å². The molecule has 0 aliphatic carbocycles. The molecule has 3 rings (SSSR count). The number of hydrogen-bond donors (Lipinski definition) is 0. The van der Waals surface area contributed by atoms with E-state index in [1.54, 1.807) is 0 Å². The van der Waals surface area contributed by atoms with Crippen molar-refractivity contribution < 1.29 is 4.42 Å². The van der Waals surface area contributed by atoms with E-state index >= 15 is 0 Å². The Morgan fingerprint density at radius 1 is 1.22 bits per heavy atom. The topological polar surface area (TPSA) is 47.1 Å². The molecule has 0 aromatic carbocycles. The number of aromatic nitrogens is 3. The number of nitrogens with zero attached hydrogens (tertiary/aromatic N) is 4. The summed E-state index contributed by atoms with van der Waals surface area (Å²) in [6.07, 6.45) is 1.95. The molecule has 122 valence electrons. The second kappa shape index (κ2) is 6.16. The smallest absolute Gasteiger partial charge is 0.157 e. The molecule has 5 heteroatoms. The van der Waals surface area contributed by atoms with Gasteiger partial charge >= 0.3 is 0 Å². The van der Waals surface area contributed by atoms with E-state index in [-0.39, 0.29) is 0 Å². The zero-order valence-electron chi connectivity index (χ0n) is 14.5. The molecule has 0 bridgehead atoms. The third-order valence-corrected chi connectivity index (χ3v) is 4.19. The van der Waals surface area contributed by atoms with Gasteiger partial charge in [0.05, 0.1) is 12.2 Å². The van der Waals surface area contributed by atoms with Gasteiger partial charge in [-0.1, -0.05) is 0 Å². The van der Waals surface area contributed by atoms with Gasteiger partial charge in [0, 0.05) is 31.2 Å². The van der Waals surface area contributed by atoms with Gasteiger partial charge in [-0.25, -0.2) is 4.98 Å². The van der Waals surface area contributed by atoms with E-state index in [1.807, 2.05) is 37.8 Å². The number of pyridine rings is 1. The molecule has 0 spiro atoms. The third-order valence-electron chi connectivity index (χ3n) is 4.19. The summed E-state index contributed by atoms with van der Waals surface area (Å²) in [5.74, 6) is 1.96. The van der Waals surface area contributed by atoms with Crippen molar-refractivity contribution in [1.82, 2.24) is 19.7 Å². The summed E-state index contributed by atoms with van der Waals surface area (Å²) in [6, 6.07) is 6.69. The molecular formula is C18H24N4O. The molecule has 0 aliphatic rings. The van der Waals surface area contributed by atoms with Crippen molar-refractivity contribution in [2.24, 2.45) is 7.05 Å². The van der Waals surface area contributed by atoms with E-state index in [4.69, 9.17) is 4.42 Å². The van der Waals surface area contributed by atoms with Crippen molar-refractivity contribution in [3.63, 3.8) is 0 Å². The predicted molar refractivity (Wildman–Crippen MR) is 91.1 cm³/mol. The Morgan fingerprint density at radius 2 is 2.00 bits per heavy atom. The van der Waals surface area contributed by atoms with Crippen molar-refractivity contribution in [2.75, 3.05) is 0 Å². The van der Waals surface area contributed by atoms with Crippen molar-refractivity contribution in [3.05, 3.63) is 47.2 Å². The Kier molecular flexibility index (Phi) is 4.22. The highest BCUT2D eigenvalue weighted by atomic mass is 16.3. The Labute approximate surface area is 136 Å². The zero-order chi connectivity index (χ0) is 16.6. The predicted octanol–water partition coefficient (Wildman–Crippen LogP) is 3.59. The maximum absolute atomic E-state index is 5.72. The second-order valence-corrected chi connectivity index (χ2v) is 6.43. The highest BCUT2D eigenvalue weighted by molar-refractivity contribution is 5.78. The lowest BCUT2D eigenvalue weighted by atomic mass is 10.1. The van der Waals surface area contributed by atoms with Crippen LogP contribution in [0.3, 0.4) is 0 Å². The molecule has 23 heavy (non-hydrogen) atoms. The summed E-state index contributed by atoms with van der Waals surface area (Å²) in [5.41, 5.74) is 3.16. The highest BCUT2D eigenvalue weighted by Crippen LogP contribution is 2.19. The molecule has 0 saturated carbocycles. The molecule has 0 aliphatic heterocycles. The van der Waals surface area contributed by atoms with Gasteiger partial charge < -0.3 is 4.42 Å². The monoisotopic (exact) mass is 312 g/mol. The number of aryl methyl sites for hydroxylation is 3. The lowest BCUT2D eigenvalue weighted by Gasteiger charge is -2.25. The molecular weight excluding hydrogens is 288 g/mol. The molecule has 0 fully saturated rings. The molecule has 0 radical (unpaired) electrons. The minimum Gasteiger partial charge on any atom is -0.465 e. The van der Waals surface area contributed by atoms with Gasteiger partial charge in [0.15, 0.2) is 5.65 Å². The average molecular weight is 312 g/mol. The highest BCUT2D eigenvalue weighted by Gasteiger charge is 2.14. The van der Waals surface area contributed by atoms with Gasteiger partial charge in [-0.2, -0.15) is 5.10 Å². The lowest BCUT2D eigenvalue weighted by molar-refractivity contribution is 0.187. The Balaban J connectivity index is 1.83. The standard InChI is InChI=1S/C18H24N4O/c1-12(2)22(11-16-7-6-13(3)23-16)10-15-8-17-14(4)20-21(5)18(17)19-9-15/h6-9,12H,10-11H2,1-5H3. The first-order valence-electron chi connectivity index (χ1n) is 8.01. The van der Waals surface area contributed by atoms with Crippen molar-refractivity contribution in [3.8, 4) is 0 Å². The second-order valence-electron chi connectivity index (χ2n) is 6.43. The molecule has 0 N–H and O–H groups in total. The van der Waals surface area contributed by atoms with Gasteiger partial charge in [-0.05, 0) is 51.5 Å².